The second-order valence-corrected chi connectivity index (χ2v) is 4.08. The first kappa shape index (κ1) is 13.2. The molecule has 0 bridgehead atoms. The van der Waals surface area contributed by atoms with E-state index in [1.54, 1.807) is 0 Å². The van der Waals surface area contributed by atoms with Crippen molar-refractivity contribution >= 4 is 17.3 Å². The fourth-order valence-corrected chi connectivity index (χ4v) is 1.53. The third-order valence-corrected chi connectivity index (χ3v) is 2.50. The Morgan fingerprint density at radius 2 is 2.25 bits per heavy atom. The Hall–Kier alpha value is -0.840. The molecule has 1 unspecified atom stereocenters. The average molecular weight is 247 g/mol. The lowest BCUT2D eigenvalue weighted by Gasteiger charge is -2.16. The predicted molar refractivity (Wildman–Crippen MR) is 63.9 cm³/mol. The van der Waals surface area contributed by atoms with Crippen LogP contribution in [0.15, 0.2) is 18.2 Å². The fraction of sp³-hybridized carbons (Fsp3) is 0.455. The molecule has 2 rings (SSSR count). The number of nitrogen functional groups attached to an aromatic ring is 1. The molecule has 4 N–H and O–H groups in total. The monoisotopic (exact) mass is 246 g/mol. The summed E-state index contributed by atoms with van der Waals surface area (Å²) in [6, 6.07) is 4.07. The van der Waals surface area contributed by atoms with Crippen LogP contribution in [0.4, 0.5) is 10.1 Å². The molecule has 3 nitrogen and oxygen atoms in total. The van der Waals surface area contributed by atoms with E-state index < -0.39 is 5.82 Å². The zero-order chi connectivity index (χ0) is 12.0. The van der Waals surface area contributed by atoms with Crippen LogP contribution in [-0.2, 0) is 0 Å². The number of piperidine rings is 1. The fourth-order valence-electron chi connectivity index (χ4n) is 1.35. The molecule has 5 heteroatoms. The van der Waals surface area contributed by atoms with Gasteiger partial charge in [-0.25, -0.2) is 4.39 Å². The van der Waals surface area contributed by atoms with Gasteiger partial charge in [-0.1, -0.05) is 11.6 Å². The standard InChI is InChI=1S/C6H5ClFN.C5H11NO/c7-5-3-4(9)1-2-6(5)8;7-5-2-1-3-6-4-5/h1-3H,9H2;5-7H,1-4H2. The quantitative estimate of drug-likeness (QED) is 0.612. The van der Waals surface area contributed by atoms with Crippen LogP contribution in [0.3, 0.4) is 0 Å². The lowest BCUT2D eigenvalue weighted by Crippen LogP contribution is -2.33. The number of aliphatic hydroxyl groups is 1. The van der Waals surface area contributed by atoms with E-state index in [1.807, 2.05) is 0 Å². The van der Waals surface area contributed by atoms with Crippen molar-refractivity contribution in [1.82, 2.24) is 5.32 Å². The van der Waals surface area contributed by atoms with Crippen molar-refractivity contribution in [3.8, 4) is 0 Å². The minimum absolute atomic E-state index is 0.0648. The van der Waals surface area contributed by atoms with Crippen LogP contribution in [-0.4, -0.2) is 24.3 Å². The SMILES string of the molecule is Nc1ccc(F)c(Cl)c1.OC1CCCNC1. The Bertz CT molecular complexity index is 330. The zero-order valence-corrected chi connectivity index (χ0v) is 9.67. The van der Waals surface area contributed by atoms with Gasteiger partial charge >= 0.3 is 0 Å². The first-order valence-corrected chi connectivity index (χ1v) is 5.56. The Morgan fingerprint density at radius 1 is 1.50 bits per heavy atom. The summed E-state index contributed by atoms with van der Waals surface area (Å²) >= 11 is 5.36. The molecule has 1 heterocycles. The molecule has 1 fully saturated rings. The van der Waals surface area contributed by atoms with Crippen molar-refractivity contribution in [2.24, 2.45) is 0 Å². The highest BCUT2D eigenvalue weighted by Gasteiger charge is 2.06. The second kappa shape index (κ2) is 6.68. The molecular formula is C11H16ClFN2O. The van der Waals surface area contributed by atoms with E-state index in [2.05, 4.69) is 5.32 Å². The normalized spacial score (nSPS) is 19.8. The number of hydrogen-bond donors (Lipinski definition) is 3. The Labute approximate surface area is 99.4 Å². The summed E-state index contributed by atoms with van der Waals surface area (Å²) < 4.78 is 12.3. The smallest absolute Gasteiger partial charge is 0.141 e. The molecule has 0 amide bonds. The van der Waals surface area contributed by atoms with E-state index in [0.717, 1.165) is 25.9 Å². The van der Waals surface area contributed by atoms with Crippen LogP contribution < -0.4 is 11.1 Å². The molecule has 16 heavy (non-hydrogen) atoms. The summed E-state index contributed by atoms with van der Waals surface area (Å²) in [5.41, 5.74) is 5.75. The highest BCUT2D eigenvalue weighted by atomic mass is 35.5. The zero-order valence-electron chi connectivity index (χ0n) is 8.92. The molecule has 0 aromatic heterocycles. The van der Waals surface area contributed by atoms with Crippen molar-refractivity contribution < 1.29 is 9.50 Å². The van der Waals surface area contributed by atoms with E-state index in [9.17, 15) is 4.39 Å². The number of aliphatic hydroxyl groups excluding tert-OH is 1. The largest absolute Gasteiger partial charge is 0.399 e. The minimum atomic E-state index is -0.439. The number of rotatable bonds is 0. The van der Waals surface area contributed by atoms with Crippen molar-refractivity contribution in [1.29, 1.82) is 0 Å². The molecule has 1 aromatic carbocycles. The second-order valence-electron chi connectivity index (χ2n) is 3.67. The molecule has 1 aliphatic rings. The minimum Gasteiger partial charge on any atom is -0.399 e. The van der Waals surface area contributed by atoms with Crippen LogP contribution in [0.2, 0.25) is 5.02 Å². The number of β-amino-alcohol motifs (C(OH)–C–C–N with tert-alkyl or cyclic N) is 1. The highest BCUT2D eigenvalue weighted by molar-refractivity contribution is 6.31. The van der Waals surface area contributed by atoms with Crippen molar-refractivity contribution in [2.45, 2.75) is 18.9 Å². The van der Waals surface area contributed by atoms with Gasteiger partial charge in [0.15, 0.2) is 0 Å². The first-order chi connectivity index (χ1) is 7.59. The molecule has 0 aliphatic carbocycles. The van der Waals surface area contributed by atoms with Crippen LogP contribution in [0.5, 0.6) is 0 Å². The molecule has 1 aliphatic heterocycles. The van der Waals surface area contributed by atoms with Gasteiger partial charge in [0.05, 0.1) is 11.1 Å². The van der Waals surface area contributed by atoms with Crippen molar-refractivity contribution in [3.05, 3.63) is 29.0 Å². The maximum Gasteiger partial charge on any atom is 0.141 e. The first-order valence-electron chi connectivity index (χ1n) is 5.19. The van der Waals surface area contributed by atoms with Crippen LogP contribution >= 0.6 is 11.6 Å². The summed E-state index contributed by atoms with van der Waals surface area (Å²) in [6.45, 7) is 1.87. The van der Waals surface area contributed by atoms with Gasteiger partial charge in [0.25, 0.3) is 0 Å². The molecule has 0 radical (unpaired) electrons. The summed E-state index contributed by atoms with van der Waals surface area (Å²) in [5.74, 6) is -0.439. The average Bonchev–Trinajstić information content (AvgIpc) is 2.26. The third kappa shape index (κ3) is 4.79. The number of halogens is 2. The van der Waals surface area contributed by atoms with E-state index >= 15 is 0 Å². The van der Waals surface area contributed by atoms with Crippen LogP contribution in [0.1, 0.15) is 12.8 Å². The Balaban J connectivity index is 0.000000165. The number of anilines is 1. The molecule has 0 spiro atoms. The Kier molecular flexibility index (Phi) is 5.52. The lowest BCUT2D eigenvalue weighted by molar-refractivity contribution is 0.142. The number of hydrogen-bond acceptors (Lipinski definition) is 3. The predicted octanol–water partition coefficient (Wildman–Crippen LogP) is 1.79. The number of benzene rings is 1. The van der Waals surface area contributed by atoms with Crippen LogP contribution in [0.25, 0.3) is 0 Å². The molecule has 1 atom stereocenters. The van der Waals surface area contributed by atoms with Gasteiger partial charge in [-0.2, -0.15) is 0 Å². The van der Waals surface area contributed by atoms with Crippen LogP contribution in [0, 0.1) is 5.82 Å². The van der Waals surface area contributed by atoms with E-state index in [1.165, 1.54) is 18.2 Å². The summed E-state index contributed by atoms with van der Waals surface area (Å²) in [4.78, 5) is 0. The van der Waals surface area contributed by atoms with Gasteiger partial charge in [0.2, 0.25) is 0 Å². The maximum absolute atomic E-state index is 12.3. The lowest BCUT2D eigenvalue weighted by atomic mass is 10.1. The van der Waals surface area contributed by atoms with Gasteiger partial charge in [-0.3, -0.25) is 0 Å². The van der Waals surface area contributed by atoms with Gasteiger partial charge in [-0.15, -0.1) is 0 Å². The van der Waals surface area contributed by atoms with Gasteiger partial charge < -0.3 is 16.2 Å². The highest BCUT2D eigenvalue weighted by Crippen LogP contribution is 2.16. The molecule has 0 saturated carbocycles. The van der Waals surface area contributed by atoms with Crippen molar-refractivity contribution in [2.75, 3.05) is 18.8 Å². The topological polar surface area (TPSA) is 58.3 Å². The van der Waals surface area contributed by atoms with E-state index in [-0.39, 0.29) is 11.1 Å². The van der Waals surface area contributed by atoms with Gasteiger partial charge in [-0.05, 0) is 37.6 Å². The molecule has 1 aromatic rings. The number of nitrogens with one attached hydrogen (secondary N) is 1. The summed E-state index contributed by atoms with van der Waals surface area (Å²) in [6.07, 6.45) is 2.03. The van der Waals surface area contributed by atoms with Gasteiger partial charge in [0.1, 0.15) is 5.82 Å². The Morgan fingerprint density at radius 3 is 2.62 bits per heavy atom. The summed E-state index contributed by atoms with van der Waals surface area (Å²) in [7, 11) is 0. The molecule has 1 saturated heterocycles. The maximum atomic E-state index is 12.3. The molecule has 90 valence electrons. The van der Waals surface area contributed by atoms with Crippen molar-refractivity contribution in [3.63, 3.8) is 0 Å². The number of nitrogens with two attached hydrogens (primary N) is 1. The van der Waals surface area contributed by atoms with E-state index in [0.29, 0.717) is 5.69 Å². The molecular weight excluding hydrogens is 231 g/mol. The third-order valence-electron chi connectivity index (χ3n) is 2.21. The van der Waals surface area contributed by atoms with E-state index in [4.69, 9.17) is 22.4 Å². The summed E-state index contributed by atoms with van der Waals surface area (Å²) in [5, 5.41) is 12.0. The van der Waals surface area contributed by atoms with Gasteiger partial charge in [0, 0.05) is 12.2 Å².